The average molecular weight is 394 g/mol. The summed E-state index contributed by atoms with van der Waals surface area (Å²) in [5, 5.41) is 8.10. The van der Waals surface area contributed by atoms with Gasteiger partial charge in [0.15, 0.2) is 0 Å². The molecule has 3 aromatic rings. The Kier molecular flexibility index (Phi) is 6.21. The SMILES string of the molecule is CCNC(=O)c1cccc(NC(=O)c2csc(-c3ccc(C(C)C)cc3)n2)c1. The van der Waals surface area contributed by atoms with Crippen LogP contribution in [0.1, 0.15) is 53.1 Å². The minimum Gasteiger partial charge on any atom is -0.352 e. The number of hydrogen-bond acceptors (Lipinski definition) is 4. The van der Waals surface area contributed by atoms with Crippen LogP contribution < -0.4 is 10.6 Å². The van der Waals surface area contributed by atoms with E-state index in [0.717, 1.165) is 10.6 Å². The van der Waals surface area contributed by atoms with E-state index in [0.29, 0.717) is 29.4 Å². The Hall–Kier alpha value is -2.99. The number of amides is 2. The van der Waals surface area contributed by atoms with Crippen molar-refractivity contribution in [1.82, 2.24) is 10.3 Å². The summed E-state index contributed by atoms with van der Waals surface area (Å²) in [6.45, 7) is 6.72. The number of nitrogens with zero attached hydrogens (tertiary/aromatic N) is 1. The van der Waals surface area contributed by atoms with E-state index < -0.39 is 0 Å². The zero-order chi connectivity index (χ0) is 20.1. The number of thiazole rings is 1. The Bertz CT molecular complexity index is 977. The van der Waals surface area contributed by atoms with Crippen LogP contribution in [0.15, 0.2) is 53.9 Å². The van der Waals surface area contributed by atoms with Crippen molar-refractivity contribution in [2.75, 3.05) is 11.9 Å². The third-order valence-electron chi connectivity index (χ3n) is 4.28. The lowest BCUT2D eigenvalue weighted by atomic mass is 10.0. The van der Waals surface area contributed by atoms with Gasteiger partial charge in [-0.25, -0.2) is 4.98 Å². The molecule has 1 heterocycles. The molecule has 2 aromatic carbocycles. The fraction of sp³-hybridized carbons (Fsp3) is 0.227. The van der Waals surface area contributed by atoms with E-state index in [4.69, 9.17) is 0 Å². The second-order valence-corrected chi connectivity index (χ2v) is 7.57. The first-order chi connectivity index (χ1) is 13.5. The first-order valence-electron chi connectivity index (χ1n) is 9.23. The van der Waals surface area contributed by atoms with Gasteiger partial charge in [0, 0.05) is 28.7 Å². The van der Waals surface area contributed by atoms with Crippen LogP contribution in [-0.2, 0) is 0 Å². The zero-order valence-electron chi connectivity index (χ0n) is 16.2. The standard InChI is InChI=1S/C22H23N3O2S/c1-4-23-20(26)17-6-5-7-18(12-17)24-21(27)19-13-28-22(25-19)16-10-8-15(9-11-16)14(2)3/h5-14H,4H2,1-3H3,(H,23,26)(H,24,27). The largest absolute Gasteiger partial charge is 0.352 e. The van der Waals surface area contributed by atoms with Crippen molar-refractivity contribution < 1.29 is 9.59 Å². The molecule has 1 aromatic heterocycles. The lowest BCUT2D eigenvalue weighted by molar-refractivity contribution is 0.0954. The molecule has 0 fully saturated rings. The monoisotopic (exact) mass is 393 g/mol. The average Bonchev–Trinajstić information content (AvgIpc) is 3.19. The fourth-order valence-corrected chi connectivity index (χ4v) is 3.52. The number of benzene rings is 2. The Balaban J connectivity index is 1.72. The maximum atomic E-state index is 12.5. The van der Waals surface area contributed by atoms with Crippen molar-refractivity contribution in [3.63, 3.8) is 0 Å². The van der Waals surface area contributed by atoms with Crippen molar-refractivity contribution >= 4 is 28.8 Å². The molecule has 0 saturated carbocycles. The van der Waals surface area contributed by atoms with E-state index in [-0.39, 0.29) is 11.8 Å². The van der Waals surface area contributed by atoms with E-state index in [2.05, 4.69) is 41.6 Å². The molecule has 5 nitrogen and oxygen atoms in total. The molecule has 2 amide bonds. The third kappa shape index (κ3) is 4.64. The second kappa shape index (κ2) is 8.80. The van der Waals surface area contributed by atoms with Crippen molar-refractivity contribution in [3.05, 3.63) is 70.7 Å². The van der Waals surface area contributed by atoms with Gasteiger partial charge >= 0.3 is 0 Å². The molecule has 0 saturated heterocycles. The Labute approximate surface area is 168 Å². The van der Waals surface area contributed by atoms with Crippen molar-refractivity contribution in [3.8, 4) is 10.6 Å². The highest BCUT2D eigenvalue weighted by Gasteiger charge is 2.13. The van der Waals surface area contributed by atoms with Crippen LogP contribution in [0, 0.1) is 0 Å². The highest BCUT2D eigenvalue weighted by Crippen LogP contribution is 2.26. The predicted octanol–water partition coefficient (Wildman–Crippen LogP) is 4.94. The molecule has 2 N–H and O–H groups in total. The van der Waals surface area contributed by atoms with Gasteiger partial charge in [0.25, 0.3) is 11.8 Å². The second-order valence-electron chi connectivity index (χ2n) is 6.71. The van der Waals surface area contributed by atoms with Gasteiger partial charge in [-0.15, -0.1) is 11.3 Å². The quantitative estimate of drug-likeness (QED) is 0.623. The number of rotatable bonds is 6. The Morgan fingerprint density at radius 3 is 2.50 bits per heavy atom. The van der Waals surface area contributed by atoms with E-state index in [1.54, 1.807) is 29.6 Å². The highest BCUT2D eigenvalue weighted by atomic mass is 32.1. The summed E-state index contributed by atoms with van der Waals surface area (Å²) in [6, 6.07) is 15.1. The van der Waals surface area contributed by atoms with Crippen LogP contribution in [0.3, 0.4) is 0 Å². The third-order valence-corrected chi connectivity index (χ3v) is 5.17. The summed E-state index contributed by atoms with van der Waals surface area (Å²) in [5.74, 6) is 0.00981. The van der Waals surface area contributed by atoms with E-state index in [1.807, 2.05) is 19.1 Å². The molecule has 144 valence electrons. The van der Waals surface area contributed by atoms with Gasteiger partial charge < -0.3 is 10.6 Å². The van der Waals surface area contributed by atoms with Gasteiger partial charge in [-0.1, -0.05) is 44.2 Å². The van der Waals surface area contributed by atoms with Gasteiger partial charge in [-0.05, 0) is 36.6 Å². The van der Waals surface area contributed by atoms with Gasteiger partial charge in [-0.2, -0.15) is 0 Å². The van der Waals surface area contributed by atoms with E-state index >= 15 is 0 Å². The number of aromatic nitrogens is 1. The number of carbonyl (C=O) groups excluding carboxylic acids is 2. The molecular formula is C22H23N3O2S. The zero-order valence-corrected chi connectivity index (χ0v) is 17.0. The number of anilines is 1. The molecule has 0 radical (unpaired) electrons. The normalized spacial score (nSPS) is 10.7. The molecule has 0 spiro atoms. The van der Waals surface area contributed by atoms with Gasteiger partial charge in [0.2, 0.25) is 0 Å². The number of nitrogens with one attached hydrogen (secondary N) is 2. The van der Waals surface area contributed by atoms with Crippen molar-refractivity contribution in [2.24, 2.45) is 0 Å². The van der Waals surface area contributed by atoms with Crippen LogP contribution >= 0.6 is 11.3 Å². The minimum atomic E-state index is -0.297. The van der Waals surface area contributed by atoms with Crippen LogP contribution in [0.2, 0.25) is 0 Å². The van der Waals surface area contributed by atoms with Crippen LogP contribution in [0.4, 0.5) is 5.69 Å². The summed E-state index contributed by atoms with van der Waals surface area (Å²) in [6.07, 6.45) is 0. The molecule has 0 aliphatic rings. The van der Waals surface area contributed by atoms with Crippen molar-refractivity contribution in [1.29, 1.82) is 0 Å². The molecule has 28 heavy (non-hydrogen) atoms. The molecular weight excluding hydrogens is 370 g/mol. The first-order valence-corrected chi connectivity index (χ1v) is 10.1. The minimum absolute atomic E-state index is 0.167. The lowest BCUT2D eigenvalue weighted by Crippen LogP contribution is -2.22. The van der Waals surface area contributed by atoms with Gasteiger partial charge in [-0.3, -0.25) is 9.59 Å². The van der Waals surface area contributed by atoms with Crippen LogP contribution in [0.5, 0.6) is 0 Å². The lowest BCUT2D eigenvalue weighted by Gasteiger charge is -2.06. The summed E-state index contributed by atoms with van der Waals surface area (Å²) in [7, 11) is 0. The van der Waals surface area contributed by atoms with E-state index in [9.17, 15) is 9.59 Å². The van der Waals surface area contributed by atoms with Gasteiger partial charge in [0.05, 0.1) is 0 Å². The molecule has 0 aliphatic carbocycles. The maximum Gasteiger partial charge on any atom is 0.275 e. The molecule has 0 unspecified atom stereocenters. The number of hydrogen-bond donors (Lipinski definition) is 2. The van der Waals surface area contributed by atoms with Crippen LogP contribution in [0.25, 0.3) is 10.6 Å². The van der Waals surface area contributed by atoms with Gasteiger partial charge in [0.1, 0.15) is 10.7 Å². The molecule has 3 rings (SSSR count). The van der Waals surface area contributed by atoms with E-state index in [1.165, 1.54) is 16.9 Å². The smallest absolute Gasteiger partial charge is 0.275 e. The molecule has 0 atom stereocenters. The Morgan fingerprint density at radius 2 is 1.82 bits per heavy atom. The summed E-state index contributed by atoms with van der Waals surface area (Å²) >= 11 is 1.43. The topological polar surface area (TPSA) is 71.1 Å². The molecule has 0 bridgehead atoms. The highest BCUT2D eigenvalue weighted by molar-refractivity contribution is 7.13. The molecule has 0 aliphatic heterocycles. The predicted molar refractivity (Wildman–Crippen MR) is 114 cm³/mol. The summed E-state index contributed by atoms with van der Waals surface area (Å²) in [4.78, 5) is 29.0. The Morgan fingerprint density at radius 1 is 1.07 bits per heavy atom. The fourth-order valence-electron chi connectivity index (χ4n) is 2.72. The molecule has 6 heteroatoms. The summed E-state index contributed by atoms with van der Waals surface area (Å²) < 4.78 is 0. The summed E-state index contributed by atoms with van der Waals surface area (Å²) in [5.41, 5.74) is 3.68. The maximum absolute atomic E-state index is 12.5. The number of carbonyl (C=O) groups is 2. The van der Waals surface area contributed by atoms with Crippen molar-refractivity contribution in [2.45, 2.75) is 26.7 Å². The first kappa shape index (κ1) is 19.8. The van der Waals surface area contributed by atoms with Crippen LogP contribution in [-0.4, -0.2) is 23.3 Å².